The molecule has 1 aliphatic heterocycles. The number of hydrogen-bond acceptors (Lipinski definition) is 4. The average Bonchev–Trinajstić information content (AvgIpc) is 2.67. The van der Waals surface area contributed by atoms with Gasteiger partial charge in [-0.05, 0) is 56.3 Å². The second kappa shape index (κ2) is 11.2. The fourth-order valence-electron chi connectivity index (χ4n) is 3.28. The molecule has 1 amide bonds. The van der Waals surface area contributed by atoms with E-state index in [1.54, 1.807) is 13.2 Å². The molecule has 1 aromatic carbocycles. The molecule has 0 atom stereocenters. The highest BCUT2D eigenvalue weighted by Crippen LogP contribution is 2.28. The Hall–Kier alpha value is -1.75. The first-order valence-electron chi connectivity index (χ1n) is 10.4. The van der Waals surface area contributed by atoms with Crippen molar-refractivity contribution >= 4 is 5.91 Å². The molecule has 0 aromatic heterocycles. The summed E-state index contributed by atoms with van der Waals surface area (Å²) in [5, 5.41) is 3.18. The number of nitrogens with zero attached hydrogens (tertiary/aromatic N) is 1. The van der Waals surface area contributed by atoms with E-state index in [1.165, 1.54) is 19.4 Å². The Bertz CT molecular complexity index is 581. The van der Waals surface area contributed by atoms with Crippen LogP contribution in [0.25, 0.3) is 0 Å². The first-order valence-corrected chi connectivity index (χ1v) is 10.4. The normalized spacial score (nSPS) is 15.7. The van der Waals surface area contributed by atoms with Gasteiger partial charge in [0.05, 0.1) is 13.7 Å². The first kappa shape index (κ1) is 21.5. The lowest BCUT2D eigenvalue weighted by Crippen LogP contribution is -2.44. The first-order chi connectivity index (χ1) is 13.0. The van der Waals surface area contributed by atoms with Crippen LogP contribution in [0.2, 0.25) is 0 Å². The summed E-state index contributed by atoms with van der Waals surface area (Å²) in [6.07, 6.45) is 5.51. The van der Waals surface area contributed by atoms with Crippen LogP contribution >= 0.6 is 0 Å². The van der Waals surface area contributed by atoms with Crippen molar-refractivity contribution in [3.05, 3.63) is 23.8 Å². The molecular weight excluding hydrogens is 340 g/mol. The maximum atomic E-state index is 12.6. The van der Waals surface area contributed by atoms with E-state index in [9.17, 15) is 4.79 Å². The van der Waals surface area contributed by atoms with Gasteiger partial charge in [0, 0.05) is 24.7 Å². The Morgan fingerprint density at radius 1 is 1.26 bits per heavy atom. The highest BCUT2D eigenvalue weighted by Gasteiger charge is 2.21. The summed E-state index contributed by atoms with van der Waals surface area (Å²) in [5.74, 6) is 1.86. The van der Waals surface area contributed by atoms with Crippen molar-refractivity contribution in [2.45, 2.75) is 58.9 Å². The SMILES string of the molecule is CCCCN1CCC(NC(=O)c2ccc(OCCC(C)C)c(OC)c2)CC1. The molecule has 5 heteroatoms. The second-order valence-corrected chi connectivity index (χ2v) is 7.84. The number of hydrogen-bond donors (Lipinski definition) is 1. The van der Waals surface area contributed by atoms with Gasteiger partial charge in [0.15, 0.2) is 11.5 Å². The number of rotatable bonds is 10. The molecule has 152 valence electrons. The van der Waals surface area contributed by atoms with Crippen molar-refractivity contribution < 1.29 is 14.3 Å². The summed E-state index contributed by atoms with van der Waals surface area (Å²) >= 11 is 0. The molecule has 1 aliphatic rings. The molecule has 1 saturated heterocycles. The number of benzene rings is 1. The third-order valence-corrected chi connectivity index (χ3v) is 5.13. The van der Waals surface area contributed by atoms with Crippen molar-refractivity contribution in [2.75, 3.05) is 33.4 Å². The summed E-state index contributed by atoms with van der Waals surface area (Å²) in [4.78, 5) is 15.1. The third-order valence-electron chi connectivity index (χ3n) is 5.13. The van der Waals surface area contributed by atoms with Crippen molar-refractivity contribution in [3.63, 3.8) is 0 Å². The van der Waals surface area contributed by atoms with Gasteiger partial charge in [0.1, 0.15) is 0 Å². The zero-order valence-electron chi connectivity index (χ0n) is 17.4. The molecule has 0 spiro atoms. The third kappa shape index (κ3) is 7.06. The molecule has 0 unspecified atom stereocenters. The summed E-state index contributed by atoms with van der Waals surface area (Å²) in [7, 11) is 1.61. The monoisotopic (exact) mass is 376 g/mol. The summed E-state index contributed by atoms with van der Waals surface area (Å²) < 4.78 is 11.2. The predicted molar refractivity (Wildman–Crippen MR) is 110 cm³/mol. The van der Waals surface area contributed by atoms with Gasteiger partial charge in [-0.15, -0.1) is 0 Å². The maximum Gasteiger partial charge on any atom is 0.251 e. The average molecular weight is 377 g/mol. The Morgan fingerprint density at radius 2 is 2.00 bits per heavy atom. The van der Waals surface area contributed by atoms with Crippen LogP contribution in [-0.2, 0) is 0 Å². The van der Waals surface area contributed by atoms with E-state index in [4.69, 9.17) is 9.47 Å². The predicted octanol–water partition coefficient (Wildman–Crippen LogP) is 4.11. The van der Waals surface area contributed by atoms with Gasteiger partial charge in [0.25, 0.3) is 5.91 Å². The van der Waals surface area contributed by atoms with Gasteiger partial charge in [0.2, 0.25) is 0 Å². The maximum absolute atomic E-state index is 12.6. The van der Waals surface area contributed by atoms with Crippen LogP contribution in [0.5, 0.6) is 11.5 Å². The molecule has 0 aliphatic carbocycles. The lowest BCUT2D eigenvalue weighted by atomic mass is 10.0. The van der Waals surface area contributed by atoms with Crippen LogP contribution in [0, 0.1) is 5.92 Å². The number of carbonyl (C=O) groups excluding carboxylic acids is 1. The Morgan fingerprint density at radius 3 is 2.63 bits per heavy atom. The molecule has 1 N–H and O–H groups in total. The lowest BCUT2D eigenvalue weighted by molar-refractivity contribution is 0.0910. The highest BCUT2D eigenvalue weighted by atomic mass is 16.5. The van der Waals surface area contributed by atoms with Crippen LogP contribution < -0.4 is 14.8 Å². The molecule has 0 bridgehead atoms. The van der Waals surface area contributed by atoms with E-state index in [0.717, 1.165) is 32.4 Å². The number of likely N-dealkylation sites (tertiary alicyclic amines) is 1. The van der Waals surface area contributed by atoms with Crippen LogP contribution in [-0.4, -0.2) is 50.2 Å². The van der Waals surface area contributed by atoms with Crippen molar-refractivity contribution in [1.29, 1.82) is 0 Å². The summed E-state index contributed by atoms with van der Waals surface area (Å²) in [5.41, 5.74) is 0.622. The zero-order chi connectivity index (χ0) is 19.6. The quantitative estimate of drug-likeness (QED) is 0.667. The number of carbonyl (C=O) groups is 1. The molecule has 1 fully saturated rings. The molecule has 5 nitrogen and oxygen atoms in total. The van der Waals surface area contributed by atoms with E-state index in [2.05, 4.69) is 31.0 Å². The number of methoxy groups -OCH3 is 1. The lowest BCUT2D eigenvalue weighted by Gasteiger charge is -2.32. The Labute approximate surface area is 164 Å². The molecule has 0 saturated carbocycles. The van der Waals surface area contributed by atoms with Gasteiger partial charge in [-0.3, -0.25) is 4.79 Å². The Kier molecular flexibility index (Phi) is 8.92. The van der Waals surface area contributed by atoms with Crippen molar-refractivity contribution in [3.8, 4) is 11.5 Å². The van der Waals surface area contributed by atoms with E-state index >= 15 is 0 Å². The molecule has 1 aromatic rings. The Balaban J connectivity index is 1.87. The largest absolute Gasteiger partial charge is 0.493 e. The van der Waals surface area contributed by atoms with Gasteiger partial charge < -0.3 is 19.7 Å². The molecular formula is C22H36N2O3. The van der Waals surface area contributed by atoms with Gasteiger partial charge in [-0.25, -0.2) is 0 Å². The number of amides is 1. The molecule has 0 radical (unpaired) electrons. The van der Waals surface area contributed by atoms with Gasteiger partial charge in [-0.1, -0.05) is 27.2 Å². The highest BCUT2D eigenvalue weighted by molar-refractivity contribution is 5.95. The topological polar surface area (TPSA) is 50.8 Å². The van der Waals surface area contributed by atoms with E-state index in [-0.39, 0.29) is 11.9 Å². The van der Waals surface area contributed by atoms with Gasteiger partial charge in [-0.2, -0.15) is 0 Å². The fourth-order valence-corrected chi connectivity index (χ4v) is 3.28. The number of piperidine rings is 1. The fraction of sp³-hybridized carbons (Fsp3) is 0.682. The van der Waals surface area contributed by atoms with Crippen molar-refractivity contribution in [2.24, 2.45) is 5.92 Å². The molecule has 27 heavy (non-hydrogen) atoms. The van der Waals surface area contributed by atoms with Gasteiger partial charge >= 0.3 is 0 Å². The number of nitrogens with one attached hydrogen (secondary N) is 1. The van der Waals surface area contributed by atoms with E-state index in [0.29, 0.717) is 29.6 Å². The van der Waals surface area contributed by atoms with Crippen molar-refractivity contribution in [1.82, 2.24) is 10.2 Å². The molecule has 2 rings (SSSR count). The van der Waals surface area contributed by atoms with E-state index in [1.807, 2.05) is 12.1 Å². The molecule has 1 heterocycles. The van der Waals surface area contributed by atoms with Crippen LogP contribution in [0.4, 0.5) is 0 Å². The minimum Gasteiger partial charge on any atom is -0.493 e. The smallest absolute Gasteiger partial charge is 0.251 e. The second-order valence-electron chi connectivity index (χ2n) is 7.84. The van der Waals surface area contributed by atoms with Crippen LogP contribution in [0.15, 0.2) is 18.2 Å². The summed E-state index contributed by atoms with van der Waals surface area (Å²) in [6.45, 7) is 10.5. The van der Waals surface area contributed by atoms with Crippen LogP contribution in [0.1, 0.15) is 63.2 Å². The summed E-state index contributed by atoms with van der Waals surface area (Å²) in [6, 6.07) is 5.68. The zero-order valence-corrected chi connectivity index (χ0v) is 17.4. The minimum absolute atomic E-state index is 0.0333. The standard InChI is InChI=1S/C22H36N2O3/c1-5-6-12-24-13-9-19(10-14-24)23-22(25)18-7-8-20(21(16-18)26-4)27-15-11-17(2)3/h7-8,16-17,19H,5-6,9-15H2,1-4H3,(H,23,25). The number of unbranched alkanes of at least 4 members (excludes halogenated alkanes) is 1. The minimum atomic E-state index is -0.0333. The van der Waals surface area contributed by atoms with E-state index < -0.39 is 0 Å². The van der Waals surface area contributed by atoms with Crippen LogP contribution in [0.3, 0.4) is 0 Å². The number of ether oxygens (including phenoxy) is 2.